The van der Waals surface area contributed by atoms with Crippen LogP contribution in [-0.2, 0) is 0 Å². The van der Waals surface area contributed by atoms with E-state index in [1.807, 2.05) is 13.8 Å². The summed E-state index contributed by atoms with van der Waals surface area (Å²) in [5.41, 5.74) is 2.43. The number of rotatable bonds is 1. The summed E-state index contributed by atoms with van der Waals surface area (Å²) >= 11 is 4.32. The van der Waals surface area contributed by atoms with Crippen LogP contribution in [-0.4, -0.2) is 16.9 Å². The van der Waals surface area contributed by atoms with E-state index in [2.05, 4.69) is 33.8 Å². The van der Waals surface area contributed by atoms with Gasteiger partial charge >= 0.3 is 0 Å². The Morgan fingerprint density at radius 3 is 2.50 bits per heavy atom. The molecule has 0 aromatic heterocycles. The molecule has 0 heterocycles. The van der Waals surface area contributed by atoms with E-state index < -0.39 is 0 Å². The van der Waals surface area contributed by atoms with Crippen LogP contribution in [0.1, 0.15) is 13.8 Å². The highest BCUT2D eigenvalue weighted by Gasteiger charge is 1.77. The molecule has 42 valence electrons. The molecular weight excluding hydrogens is 118 g/mol. The third kappa shape index (κ3) is 5.36. The number of hydrogen-bond donors (Lipinski definition) is 0. The molecule has 0 fully saturated rings. The molecule has 0 radical (unpaired) electrons. The first-order valence-corrected chi connectivity index (χ1v) is 2.75. The number of hydrogen-bond acceptors (Lipinski definition) is 2. The van der Waals surface area contributed by atoms with Gasteiger partial charge < -0.3 is 0 Å². The SMILES string of the molecule is CC(C)N=C=C=C=S. The fraction of sp³-hybridized carbons (Fsp3) is 0.500. The number of nitrogens with zero attached hydrogens (tertiary/aromatic N) is 1. The second kappa shape index (κ2) is 4.52. The summed E-state index contributed by atoms with van der Waals surface area (Å²) in [5.74, 6) is 2.49. The van der Waals surface area contributed by atoms with Crippen LogP contribution in [0.3, 0.4) is 0 Å². The third-order valence-electron chi connectivity index (χ3n) is 0.430. The molecule has 0 spiro atoms. The topological polar surface area (TPSA) is 12.4 Å². The molecule has 1 nitrogen and oxygen atoms in total. The molecule has 0 aromatic rings. The molecule has 0 aliphatic rings. The molecule has 0 aliphatic carbocycles. The van der Waals surface area contributed by atoms with Gasteiger partial charge in [0, 0.05) is 16.6 Å². The lowest BCUT2D eigenvalue weighted by Crippen LogP contribution is -1.83. The molecule has 0 atom stereocenters. The number of thiocarbonyl (C=S) groups is 1. The van der Waals surface area contributed by atoms with E-state index in [0.717, 1.165) is 0 Å². The van der Waals surface area contributed by atoms with E-state index in [9.17, 15) is 0 Å². The maximum Gasteiger partial charge on any atom is 0.0544 e. The van der Waals surface area contributed by atoms with Crippen molar-refractivity contribution in [1.82, 2.24) is 0 Å². The average molecular weight is 125 g/mol. The number of aliphatic imine (C=N–C) groups is 1. The van der Waals surface area contributed by atoms with Gasteiger partial charge in [-0.25, -0.2) is 4.99 Å². The highest BCUT2D eigenvalue weighted by molar-refractivity contribution is 7.78. The van der Waals surface area contributed by atoms with Gasteiger partial charge in [-0.1, -0.05) is 0 Å². The van der Waals surface area contributed by atoms with E-state index in [1.165, 1.54) is 0 Å². The van der Waals surface area contributed by atoms with Gasteiger partial charge in [0.05, 0.1) is 6.04 Å². The van der Waals surface area contributed by atoms with Crippen LogP contribution < -0.4 is 0 Å². The molecule has 0 saturated carbocycles. The highest BCUT2D eigenvalue weighted by Crippen LogP contribution is 1.79. The second-order valence-electron chi connectivity index (χ2n) is 1.56. The lowest BCUT2D eigenvalue weighted by atomic mass is 10.4. The van der Waals surface area contributed by atoms with Crippen molar-refractivity contribution in [1.29, 1.82) is 0 Å². The largest absolute Gasteiger partial charge is 0.232 e. The van der Waals surface area contributed by atoms with E-state index in [0.29, 0.717) is 0 Å². The minimum absolute atomic E-state index is 0.269. The van der Waals surface area contributed by atoms with E-state index in [1.54, 1.807) is 0 Å². The zero-order valence-electron chi connectivity index (χ0n) is 4.93. The van der Waals surface area contributed by atoms with Crippen molar-refractivity contribution in [3.05, 3.63) is 5.73 Å². The van der Waals surface area contributed by atoms with Crippen molar-refractivity contribution in [2.24, 2.45) is 4.99 Å². The minimum Gasteiger partial charge on any atom is -0.232 e. The summed E-state index contributed by atoms with van der Waals surface area (Å²) in [7, 11) is 0. The fourth-order valence-corrected chi connectivity index (χ4v) is 0.230. The van der Waals surface area contributed by atoms with E-state index in [-0.39, 0.29) is 6.04 Å². The zero-order valence-corrected chi connectivity index (χ0v) is 5.75. The van der Waals surface area contributed by atoms with Crippen molar-refractivity contribution < 1.29 is 0 Å². The summed E-state index contributed by atoms with van der Waals surface area (Å²) in [6.45, 7) is 3.91. The van der Waals surface area contributed by atoms with Gasteiger partial charge in [0.15, 0.2) is 0 Å². The molecule has 0 rings (SSSR count). The monoisotopic (exact) mass is 125 g/mol. The van der Waals surface area contributed by atoms with Crippen LogP contribution in [0.4, 0.5) is 0 Å². The Labute approximate surface area is 54.4 Å². The molecule has 0 amide bonds. The Hall–Kier alpha value is -0.640. The predicted octanol–water partition coefficient (Wildman–Crippen LogP) is 1.37. The standard InChI is InChI=1S/C6H7NS/c1-6(2)7-4-3-5-8/h6H,1-2H3. The van der Waals surface area contributed by atoms with Crippen molar-refractivity contribution in [3.8, 4) is 0 Å². The smallest absolute Gasteiger partial charge is 0.0544 e. The van der Waals surface area contributed by atoms with Crippen LogP contribution >= 0.6 is 12.2 Å². The first-order valence-electron chi connectivity index (χ1n) is 2.34. The molecule has 0 aromatic carbocycles. The maximum absolute atomic E-state index is 4.32. The zero-order chi connectivity index (χ0) is 6.41. The fourth-order valence-electron chi connectivity index (χ4n) is 0.184. The van der Waals surface area contributed by atoms with Gasteiger partial charge in [0.25, 0.3) is 0 Å². The molecule has 2 heteroatoms. The Morgan fingerprint density at radius 2 is 2.12 bits per heavy atom. The van der Waals surface area contributed by atoms with Crippen molar-refractivity contribution >= 4 is 23.1 Å². The Balaban J connectivity index is 4.03. The molecule has 8 heavy (non-hydrogen) atoms. The Kier molecular flexibility index (Phi) is 4.16. The van der Waals surface area contributed by atoms with Crippen LogP contribution in [0.5, 0.6) is 0 Å². The lowest BCUT2D eigenvalue weighted by Gasteiger charge is -1.84. The van der Waals surface area contributed by atoms with Gasteiger partial charge in [-0.05, 0) is 26.1 Å². The van der Waals surface area contributed by atoms with E-state index in [4.69, 9.17) is 0 Å². The summed E-state index contributed by atoms with van der Waals surface area (Å²) in [5, 5.41) is 2.25. The van der Waals surface area contributed by atoms with Gasteiger partial charge in [-0.15, -0.1) is 0 Å². The Morgan fingerprint density at radius 1 is 1.50 bits per heavy atom. The summed E-state index contributed by atoms with van der Waals surface area (Å²) < 4.78 is 0. The second-order valence-corrected chi connectivity index (χ2v) is 1.77. The lowest BCUT2D eigenvalue weighted by molar-refractivity contribution is 0.843. The van der Waals surface area contributed by atoms with Gasteiger partial charge in [-0.3, -0.25) is 0 Å². The van der Waals surface area contributed by atoms with Crippen LogP contribution in [0.25, 0.3) is 0 Å². The summed E-state index contributed by atoms with van der Waals surface area (Å²) in [6.07, 6.45) is 0. The minimum atomic E-state index is 0.269. The Bertz CT molecular complexity index is 165. The van der Waals surface area contributed by atoms with Crippen molar-refractivity contribution in [3.63, 3.8) is 0 Å². The molecule has 0 saturated heterocycles. The van der Waals surface area contributed by atoms with Crippen molar-refractivity contribution in [2.75, 3.05) is 0 Å². The summed E-state index contributed by atoms with van der Waals surface area (Å²) in [4.78, 5) is 3.82. The first kappa shape index (κ1) is 7.36. The van der Waals surface area contributed by atoms with Gasteiger partial charge in [0.1, 0.15) is 0 Å². The predicted molar refractivity (Wildman–Crippen MR) is 38.7 cm³/mol. The van der Waals surface area contributed by atoms with Crippen LogP contribution in [0.2, 0.25) is 0 Å². The van der Waals surface area contributed by atoms with Crippen molar-refractivity contribution in [2.45, 2.75) is 19.9 Å². The normalized spacial score (nSPS) is 6.88. The average Bonchev–Trinajstić information content (AvgIpc) is 1.66. The van der Waals surface area contributed by atoms with Crippen LogP contribution in [0.15, 0.2) is 10.7 Å². The molecular formula is C6H7NS. The quantitative estimate of drug-likeness (QED) is 0.293. The maximum atomic E-state index is 4.32. The van der Waals surface area contributed by atoms with Gasteiger partial charge in [-0.2, -0.15) is 0 Å². The third-order valence-corrected chi connectivity index (χ3v) is 0.532. The highest BCUT2D eigenvalue weighted by atomic mass is 32.1. The summed E-state index contributed by atoms with van der Waals surface area (Å²) in [6, 6.07) is 0.269. The van der Waals surface area contributed by atoms with Crippen LogP contribution in [0, 0.1) is 0 Å². The molecule has 0 bridgehead atoms. The first-order chi connectivity index (χ1) is 3.77. The molecule has 0 N–H and O–H groups in total. The van der Waals surface area contributed by atoms with E-state index >= 15 is 0 Å². The van der Waals surface area contributed by atoms with Gasteiger partial charge in [0.2, 0.25) is 0 Å². The molecule has 0 aliphatic heterocycles. The molecule has 0 unspecified atom stereocenters.